The van der Waals surface area contributed by atoms with E-state index in [4.69, 9.17) is 4.42 Å². The molecule has 0 saturated carbocycles. The van der Waals surface area contributed by atoms with Crippen LogP contribution >= 0.6 is 0 Å². The van der Waals surface area contributed by atoms with Gasteiger partial charge in [0.25, 0.3) is 0 Å². The third kappa shape index (κ3) is 6.13. The van der Waals surface area contributed by atoms with Gasteiger partial charge in [0.1, 0.15) is 5.58 Å². The SMILES string of the molecule is CC(C)c1cc2ccccc2c2c1oc1c(N(c3ccc(-c4ccccc4)cc3)c3ccc(-c4ccc5cc(-c6ccc7ccccc7c6)ccc5c4)cc3)cccc12. The Kier molecular flexibility index (Phi) is 8.37. The van der Waals surface area contributed by atoms with E-state index < -0.39 is 0 Å². The van der Waals surface area contributed by atoms with Gasteiger partial charge in [-0.25, -0.2) is 0 Å². The van der Waals surface area contributed by atoms with Crippen LogP contribution in [0, 0.1) is 0 Å². The van der Waals surface area contributed by atoms with Gasteiger partial charge < -0.3 is 9.32 Å². The van der Waals surface area contributed by atoms with Gasteiger partial charge in [0.2, 0.25) is 0 Å². The third-order valence-corrected chi connectivity index (χ3v) is 12.0. The first-order chi connectivity index (χ1) is 29.1. The fraction of sp³-hybridized carbons (Fsp3) is 0.0526. The maximum absolute atomic E-state index is 7.05. The molecule has 11 aromatic rings. The molecular weight excluding hydrogens is 715 g/mol. The fourth-order valence-electron chi connectivity index (χ4n) is 8.90. The molecule has 0 fully saturated rings. The van der Waals surface area contributed by atoms with E-state index >= 15 is 0 Å². The molecule has 1 heterocycles. The first-order valence-electron chi connectivity index (χ1n) is 20.5. The van der Waals surface area contributed by atoms with Crippen molar-refractivity contribution in [3.05, 3.63) is 212 Å². The van der Waals surface area contributed by atoms with Crippen LogP contribution in [0.4, 0.5) is 17.1 Å². The fourth-order valence-corrected chi connectivity index (χ4v) is 8.90. The van der Waals surface area contributed by atoms with Gasteiger partial charge in [-0.2, -0.15) is 0 Å². The highest BCUT2D eigenvalue weighted by atomic mass is 16.3. The highest BCUT2D eigenvalue weighted by Gasteiger charge is 2.23. The lowest BCUT2D eigenvalue weighted by atomic mass is 9.95. The molecule has 0 N–H and O–H groups in total. The third-order valence-electron chi connectivity index (χ3n) is 12.0. The Balaban J connectivity index is 1.01. The molecule has 2 heteroatoms. The minimum atomic E-state index is 0.307. The summed E-state index contributed by atoms with van der Waals surface area (Å²) in [5.41, 5.74) is 13.4. The average molecular weight is 756 g/mol. The zero-order valence-corrected chi connectivity index (χ0v) is 33.1. The summed E-state index contributed by atoms with van der Waals surface area (Å²) in [5.74, 6) is 0.307. The number of benzene rings is 10. The van der Waals surface area contributed by atoms with E-state index in [1.165, 1.54) is 76.6 Å². The molecule has 2 nitrogen and oxygen atoms in total. The predicted octanol–water partition coefficient (Wildman–Crippen LogP) is 16.6. The highest BCUT2D eigenvalue weighted by Crippen LogP contribution is 2.46. The molecule has 0 aliphatic heterocycles. The number of fused-ring (bicyclic) bond motifs is 7. The van der Waals surface area contributed by atoms with Crippen molar-refractivity contribution in [1.82, 2.24) is 0 Å². The van der Waals surface area contributed by atoms with Crippen LogP contribution in [-0.4, -0.2) is 0 Å². The van der Waals surface area contributed by atoms with Crippen LogP contribution in [0.5, 0.6) is 0 Å². The van der Waals surface area contributed by atoms with Crippen molar-refractivity contribution in [2.24, 2.45) is 0 Å². The summed E-state index contributed by atoms with van der Waals surface area (Å²) in [6.45, 7) is 4.50. The lowest BCUT2D eigenvalue weighted by Crippen LogP contribution is -2.10. The zero-order valence-electron chi connectivity index (χ0n) is 33.1. The number of rotatable bonds is 7. The minimum absolute atomic E-state index is 0.307. The largest absolute Gasteiger partial charge is 0.454 e. The summed E-state index contributed by atoms with van der Waals surface area (Å²) in [4.78, 5) is 2.34. The maximum Gasteiger partial charge on any atom is 0.159 e. The second-order valence-electron chi connectivity index (χ2n) is 15.9. The van der Waals surface area contributed by atoms with E-state index in [0.29, 0.717) is 5.92 Å². The molecule has 0 unspecified atom stereocenters. The molecular formula is C57H41NO. The van der Waals surface area contributed by atoms with Gasteiger partial charge in [0.05, 0.1) is 5.69 Å². The number of furan rings is 1. The van der Waals surface area contributed by atoms with Crippen molar-refractivity contribution in [1.29, 1.82) is 0 Å². The van der Waals surface area contributed by atoms with E-state index in [-0.39, 0.29) is 0 Å². The van der Waals surface area contributed by atoms with Crippen LogP contribution in [0.3, 0.4) is 0 Å². The molecule has 0 bridgehead atoms. The predicted molar refractivity (Wildman–Crippen MR) is 251 cm³/mol. The highest BCUT2D eigenvalue weighted by molar-refractivity contribution is 6.22. The second-order valence-corrected chi connectivity index (χ2v) is 15.9. The molecule has 0 radical (unpaired) electrons. The minimum Gasteiger partial charge on any atom is -0.454 e. The van der Waals surface area contributed by atoms with Crippen LogP contribution in [0.15, 0.2) is 211 Å². The topological polar surface area (TPSA) is 16.4 Å². The Bertz CT molecular complexity index is 3340. The van der Waals surface area contributed by atoms with E-state index in [0.717, 1.165) is 33.6 Å². The first-order valence-corrected chi connectivity index (χ1v) is 20.5. The van der Waals surface area contributed by atoms with Crippen LogP contribution in [-0.2, 0) is 0 Å². The van der Waals surface area contributed by atoms with E-state index in [2.05, 4.69) is 225 Å². The van der Waals surface area contributed by atoms with Gasteiger partial charge in [0.15, 0.2) is 5.58 Å². The molecule has 11 rings (SSSR count). The molecule has 0 amide bonds. The quantitative estimate of drug-likeness (QED) is 0.161. The normalized spacial score (nSPS) is 11.7. The Morgan fingerprint density at radius 1 is 0.356 bits per heavy atom. The van der Waals surface area contributed by atoms with Gasteiger partial charge in [-0.05, 0) is 132 Å². The number of nitrogens with zero attached hydrogens (tertiary/aromatic N) is 1. The van der Waals surface area contributed by atoms with Crippen molar-refractivity contribution in [3.8, 4) is 33.4 Å². The van der Waals surface area contributed by atoms with E-state index in [9.17, 15) is 0 Å². The molecule has 0 atom stereocenters. The van der Waals surface area contributed by atoms with Gasteiger partial charge in [-0.3, -0.25) is 0 Å². The molecule has 10 aromatic carbocycles. The number of anilines is 3. The monoisotopic (exact) mass is 755 g/mol. The molecule has 0 spiro atoms. The van der Waals surface area contributed by atoms with E-state index in [1.807, 2.05) is 0 Å². The summed E-state index contributed by atoms with van der Waals surface area (Å²) < 4.78 is 7.05. The van der Waals surface area contributed by atoms with Crippen LogP contribution < -0.4 is 4.90 Å². The molecule has 280 valence electrons. The maximum atomic E-state index is 7.05. The van der Waals surface area contributed by atoms with Gasteiger partial charge in [0, 0.05) is 22.1 Å². The Morgan fingerprint density at radius 3 is 1.47 bits per heavy atom. The first kappa shape index (κ1) is 34.8. The van der Waals surface area contributed by atoms with Crippen LogP contribution in [0.2, 0.25) is 0 Å². The second kappa shape index (κ2) is 14.2. The smallest absolute Gasteiger partial charge is 0.159 e. The standard InChI is InChI=1S/C57H41NO/c1-37(2)53-36-48-15-8-9-16-51(48)55-52-17-10-18-54(56(52)59-57(53)55)58(49-29-25-40(26-30-49)38-11-4-3-5-12-38)50-31-27-41(28-32-50)43-21-22-46-35-47(24-23-45(46)34-43)44-20-19-39-13-6-7-14-42(39)33-44/h3-37H,1-2H3. The van der Waals surface area contributed by atoms with Gasteiger partial charge >= 0.3 is 0 Å². The summed E-state index contributed by atoms with van der Waals surface area (Å²) in [6, 6.07) is 74.8. The van der Waals surface area contributed by atoms with Crippen molar-refractivity contribution in [3.63, 3.8) is 0 Å². The average Bonchev–Trinajstić information content (AvgIpc) is 3.70. The van der Waals surface area contributed by atoms with E-state index in [1.54, 1.807) is 0 Å². The molecule has 0 aliphatic rings. The summed E-state index contributed by atoms with van der Waals surface area (Å²) >= 11 is 0. The lowest BCUT2D eigenvalue weighted by molar-refractivity contribution is 0.657. The molecule has 1 aromatic heterocycles. The Morgan fingerprint density at radius 2 is 0.831 bits per heavy atom. The van der Waals surface area contributed by atoms with Crippen LogP contribution in [0.1, 0.15) is 25.3 Å². The van der Waals surface area contributed by atoms with Crippen molar-refractivity contribution >= 4 is 71.3 Å². The van der Waals surface area contributed by atoms with Crippen molar-refractivity contribution < 1.29 is 4.42 Å². The van der Waals surface area contributed by atoms with Crippen molar-refractivity contribution in [2.45, 2.75) is 19.8 Å². The molecule has 0 aliphatic carbocycles. The number of hydrogen-bond acceptors (Lipinski definition) is 2. The molecule has 0 saturated heterocycles. The lowest BCUT2D eigenvalue weighted by Gasteiger charge is -2.26. The Labute approximate surface area is 344 Å². The number of hydrogen-bond donors (Lipinski definition) is 0. The number of para-hydroxylation sites is 1. The summed E-state index contributed by atoms with van der Waals surface area (Å²) in [6.07, 6.45) is 0. The van der Waals surface area contributed by atoms with Crippen LogP contribution in [0.25, 0.3) is 87.6 Å². The Hall–Kier alpha value is -7.42. The summed E-state index contributed by atoms with van der Waals surface area (Å²) in [7, 11) is 0. The van der Waals surface area contributed by atoms with Gasteiger partial charge in [-0.1, -0.05) is 166 Å². The summed E-state index contributed by atoms with van der Waals surface area (Å²) in [5, 5.41) is 9.73. The molecule has 59 heavy (non-hydrogen) atoms. The van der Waals surface area contributed by atoms with Gasteiger partial charge in [-0.15, -0.1) is 0 Å². The van der Waals surface area contributed by atoms with Crippen molar-refractivity contribution in [2.75, 3.05) is 4.90 Å². The zero-order chi connectivity index (χ0) is 39.5.